The first-order chi connectivity index (χ1) is 13.4. The van der Waals surface area contributed by atoms with Crippen molar-refractivity contribution in [3.8, 4) is 23.3 Å². The molecule has 0 radical (unpaired) electrons. The molecule has 3 N–H and O–H groups in total. The van der Waals surface area contributed by atoms with Gasteiger partial charge in [-0.1, -0.05) is 0 Å². The molecular formula is C19H17BF2N4O3. The fourth-order valence-corrected chi connectivity index (χ4v) is 3.05. The van der Waals surface area contributed by atoms with Crippen LogP contribution in [0.1, 0.15) is 38.8 Å². The number of hydrogen-bond donors (Lipinski definition) is 2. The molecule has 29 heavy (non-hydrogen) atoms. The molecule has 0 saturated carbocycles. The van der Waals surface area contributed by atoms with Gasteiger partial charge in [0.1, 0.15) is 40.7 Å². The predicted molar refractivity (Wildman–Crippen MR) is 102 cm³/mol. The third-order valence-electron chi connectivity index (χ3n) is 5.32. The van der Waals surface area contributed by atoms with E-state index in [4.69, 9.17) is 15.0 Å². The van der Waals surface area contributed by atoms with Gasteiger partial charge in [-0.25, -0.2) is 8.78 Å². The number of benzene rings is 1. The van der Waals surface area contributed by atoms with Crippen molar-refractivity contribution < 1.29 is 18.1 Å². The summed E-state index contributed by atoms with van der Waals surface area (Å²) in [5, 5.41) is 18.7. The lowest BCUT2D eigenvalue weighted by Crippen LogP contribution is -2.41. The molecule has 0 aliphatic carbocycles. The number of anilines is 1. The largest absolute Gasteiger partial charge is 0.500 e. The lowest BCUT2D eigenvalue weighted by atomic mass is 9.77. The molecule has 2 heterocycles. The quantitative estimate of drug-likeness (QED) is 0.745. The molecule has 10 heteroatoms. The van der Waals surface area contributed by atoms with E-state index in [9.17, 15) is 24.1 Å². The number of nitrogens with one attached hydrogen (secondary N) is 1. The topological polar surface area (TPSA) is 125 Å². The Balaban J connectivity index is 2.20. The van der Waals surface area contributed by atoms with Crippen LogP contribution >= 0.6 is 0 Å². The number of nitriles is 2. The summed E-state index contributed by atoms with van der Waals surface area (Å²) >= 11 is 0. The maximum Gasteiger partial charge on any atom is 0.500 e. The summed E-state index contributed by atoms with van der Waals surface area (Å²) < 4.78 is 41.3. The predicted octanol–water partition coefficient (Wildman–Crippen LogP) is 1.94. The lowest BCUT2D eigenvalue weighted by molar-refractivity contribution is 0.00578. The highest BCUT2D eigenvalue weighted by Gasteiger charge is 2.53. The van der Waals surface area contributed by atoms with Gasteiger partial charge in [0.15, 0.2) is 0 Å². The van der Waals surface area contributed by atoms with Gasteiger partial charge in [0.05, 0.1) is 16.7 Å². The second-order valence-corrected chi connectivity index (χ2v) is 7.66. The first-order valence-corrected chi connectivity index (χ1v) is 8.64. The number of nitrogens with two attached hydrogens (primary N) is 1. The number of halogens is 2. The van der Waals surface area contributed by atoms with Gasteiger partial charge >= 0.3 is 7.12 Å². The molecule has 1 aromatic heterocycles. The van der Waals surface area contributed by atoms with E-state index in [1.807, 2.05) is 0 Å². The zero-order valence-electron chi connectivity index (χ0n) is 16.2. The number of nitrogens with zero attached hydrogens (tertiary/aromatic N) is 2. The van der Waals surface area contributed by atoms with Gasteiger partial charge in [-0.2, -0.15) is 10.5 Å². The Morgan fingerprint density at radius 3 is 1.97 bits per heavy atom. The van der Waals surface area contributed by atoms with Crippen LogP contribution in [0.4, 0.5) is 14.6 Å². The van der Waals surface area contributed by atoms with Gasteiger partial charge in [0.25, 0.3) is 5.56 Å². The van der Waals surface area contributed by atoms with Crippen molar-refractivity contribution in [2.45, 2.75) is 38.9 Å². The van der Waals surface area contributed by atoms with Gasteiger partial charge < -0.3 is 20.0 Å². The number of rotatable bonds is 2. The highest BCUT2D eigenvalue weighted by Crippen LogP contribution is 2.37. The van der Waals surface area contributed by atoms with Crippen LogP contribution in [0.25, 0.3) is 11.1 Å². The van der Waals surface area contributed by atoms with E-state index < -0.39 is 46.5 Å². The molecular weight excluding hydrogens is 381 g/mol. The normalized spacial score (nSPS) is 17.0. The molecule has 1 aromatic carbocycles. The number of nitrogen functional groups attached to an aromatic ring is 1. The maximum atomic E-state index is 14.9. The number of aromatic nitrogens is 1. The Hall–Kier alpha value is -3.21. The smallest absolute Gasteiger partial charge is 0.399 e. The molecule has 1 fully saturated rings. The Bertz CT molecular complexity index is 1120. The highest BCUT2D eigenvalue weighted by molar-refractivity contribution is 6.62. The molecule has 0 bridgehead atoms. The minimum Gasteiger partial charge on any atom is -0.399 e. The summed E-state index contributed by atoms with van der Waals surface area (Å²) in [6.45, 7) is 6.98. The number of pyridine rings is 1. The molecule has 2 aromatic rings. The van der Waals surface area contributed by atoms with E-state index >= 15 is 0 Å². The van der Waals surface area contributed by atoms with Gasteiger partial charge in [0.2, 0.25) is 0 Å². The summed E-state index contributed by atoms with van der Waals surface area (Å²) in [6.07, 6.45) is 0. The molecule has 3 rings (SSSR count). The third-order valence-corrected chi connectivity index (χ3v) is 5.32. The Kier molecular flexibility index (Phi) is 4.74. The molecule has 7 nitrogen and oxygen atoms in total. The van der Waals surface area contributed by atoms with E-state index in [-0.39, 0.29) is 22.5 Å². The standard InChI is InChI=1S/C19H17BF2N4O3/c1-18(2)19(3,4)29-20(28-18)15-12(21)5-9(6-13(15)22)14-10(7-23)16(25)26-17(27)11(14)8-24/h5-6H,1-4H3,(H3,25,26,27). The average molecular weight is 398 g/mol. The second kappa shape index (κ2) is 6.69. The summed E-state index contributed by atoms with van der Waals surface area (Å²) in [5.74, 6) is -2.32. The van der Waals surface area contributed by atoms with Crippen LogP contribution in [0.5, 0.6) is 0 Å². The van der Waals surface area contributed by atoms with Crippen molar-refractivity contribution in [3.05, 3.63) is 45.2 Å². The van der Waals surface area contributed by atoms with E-state index in [0.29, 0.717) is 0 Å². The number of aromatic amines is 1. The van der Waals surface area contributed by atoms with E-state index in [0.717, 1.165) is 12.1 Å². The number of hydrogen-bond acceptors (Lipinski definition) is 6. The van der Waals surface area contributed by atoms with Crippen molar-refractivity contribution in [1.82, 2.24) is 4.98 Å². The molecule has 1 aliphatic heterocycles. The summed E-state index contributed by atoms with van der Waals surface area (Å²) in [5.41, 5.74) is 1.57. The molecule has 1 saturated heterocycles. The Morgan fingerprint density at radius 2 is 1.52 bits per heavy atom. The molecule has 0 spiro atoms. The molecule has 0 amide bonds. The van der Waals surface area contributed by atoms with Crippen LogP contribution in [0.3, 0.4) is 0 Å². The van der Waals surface area contributed by atoms with E-state index in [2.05, 4.69) is 4.98 Å². The summed E-state index contributed by atoms with van der Waals surface area (Å²) in [7, 11) is -1.29. The van der Waals surface area contributed by atoms with Crippen LogP contribution in [0.15, 0.2) is 16.9 Å². The van der Waals surface area contributed by atoms with Crippen LogP contribution < -0.4 is 16.8 Å². The van der Waals surface area contributed by atoms with Gasteiger partial charge in [0, 0.05) is 5.56 Å². The van der Waals surface area contributed by atoms with Crippen molar-refractivity contribution in [1.29, 1.82) is 10.5 Å². The molecule has 0 atom stereocenters. The van der Waals surface area contributed by atoms with Gasteiger partial charge in [-0.3, -0.25) is 4.79 Å². The zero-order valence-corrected chi connectivity index (χ0v) is 16.2. The fraction of sp³-hybridized carbons (Fsp3) is 0.316. The zero-order chi connectivity index (χ0) is 21.7. The van der Waals surface area contributed by atoms with Crippen molar-refractivity contribution in [3.63, 3.8) is 0 Å². The van der Waals surface area contributed by atoms with Gasteiger partial charge in [-0.05, 0) is 45.4 Å². The second-order valence-electron chi connectivity index (χ2n) is 7.66. The lowest BCUT2D eigenvalue weighted by Gasteiger charge is -2.32. The van der Waals surface area contributed by atoms with Gasteiger partial charge in [-0.15, -0.1) is 0 Å². The number of H-pyrrole nitrogens is 1. The monoisotopic (exact) mass is 398 g/mol. The minimum atomic E-state index is -1.29. The first-order valence-electron chi connectivity index (χ1n) is 8.64. The van der Waals surface area contributed by atoms with Crippen molar-refractivity contribution in [2.75, 3.05) is 5.73 Å². The first kappa shape index (κ1) is 20.5. The fourth-order valence-electron chi connectivity index (χ4n) is 3.05. The Morgan fingerprint density at radius 1 is 1.03 bits per heavy atom. The maximum absolute atomic E-state index is 14.9. The van der Waals surface area contributed by atoms with E-state index in [1.54, 1.807) is 39.8 Å². The van der Waals surface area contributed by atoms with Crippen LogP contribution in [-0.2, 0) is 9.31 Å². The third kappa shape index (κ3) is 3.17. The highest BCUT2D eigenvalue weighted by atomic mass is 19.1. The van der Waals surface area contributed by atoms with Crippen molar-refractivity contribution in [2.24, 2.45) is 0 Å². The van der Waals surface area contributed by atoms with Crippen LogP contribution in [0, 0.1) is 34.3 Å². The molecule has 148 valence electrons. The Labute approximate surface area is 165 Å². The summed E-state index contributed by atoms with van der Waals surface area (Å²) in [4.78, 5) is 14.2. The minimum absolute atomic E-state index is 0.175. The average Bonchev–Trinajstić information content (AvgIpc) is 2.80. The SMILES string of the molecule is CC1(C)OB(c2c(F)cc(-c3c(C#N)c(N)[nH]c(=O)c3C#N)cc2F)OC1(C)C. The molecule has 0 unspecified atom stereocenters. The summed E-state index contributed by atoms with van der Waals surface area (Å²) in [6, 6.07) is 5.24. The molecule has 1 aliphatic rings. The van der Waals surface area contributed by atoms with E-state index in [1.165, 1.54) is 0 Å². The van der Waals surface area contributed by atoms with Crippen LogP contribution in [0.2, 0.25) is 0 Å². The van der Waals surface area contributed by atoms with Crippen LogP contribution in [-0.4, -0.2) is 23.3 Å². The van der Waals surface area contributed by atoms with Crippen molar-refractivity contribution >= 4 is 18.4 Å².